The van der Waals surface area contributed by atoms with Crippen molar-refractivity contribution in [3.8, 4) is 0 Å². The molecule has 0 amide bonds. The third-order valence-corrected chi connectivity index (χ3v) is 4.38. The minimum Gasteiger partial charge on any atom is -0.376 e. The first-order valence-corrected chi connectivity index (χ1v) is 7.04. The minimum absolute atomic E-state index is 0.340. The van der Waals surface area contributed by atoms with Crippen molar-refractivity contribution in [2.75, 3.05) is 13.7 Å². The van der Waals surface area contributed by atoms with Crippen LogP contribution in [0, 0.1) is 5.92 Å². The van der Waals surface area contributed by atoms with E-state index in [2.05, 4.69) is 52.4 Å². The molecule has 3 atom stereocenters. The summed E-state index contributed by atoms with van der Waals surface area (Å²) in [6.45, 7) is 3.18. The molecule has 1 aromatic rings. The fourth-order valence-corrected chi connectivity index (χ4v) is 2.96. The van der Waals surface area contributed by atoms with Crippen molar-refractivity contribution in [3.05, 3.63) is 34.3 Å². The molecular weight excluding hydrogens is 278 g/mol. The van der Waals surface area contributed by atoms with Gasteiger partial charge < -0.3 is 10.1 Å². The molecule has 1 fully saturated rings. The van der Waals surface area contributed by atoms with Gasteiger partial charge in [0.1, 0.15) is 0 Å². The maximum atomic E-state index is 5.85. The van der Waals surface area contributed by atoms with E-state index in [1.165, 1.54) is 16.5 Å². The van der Waals surface area contributed by atoms with Crippen LogP contribution in [0.4, 0.5) is 0 Å². The molecule has 94 valence electrons. The van der Waals surface area contributed by atoms with E-state index in [4.69, 9.17) is 4.74 Å². The molecule has 3 unspecified atom stereocenters. The van der Waals surface area contributed by atoms with Crippen LogP contribution in [0.1, 0.15) is 18.9 Å². The lowest BCUT2D eigenvalue weighted by molar-refractivity contribution is 0.0633. The first-order chi connectivity index (χ1) is 8.22. The largest absolute Gasteiger partial charge is 0.376 e. The molecule has 1 N–H and O–H groups in total. The highest BCUT2D eigenvalue weighted by Crippen LogP contribution is 2.26. The Morgan fingerprint density at radius 3 is 2.82 bits per heavy atom. The molecule has 1 heterocycles. The van der Waals surface area contributed by atoms with Crippen LogP contribution in [0.25, 0.3) is 0 Å². The van der Waals surface area contributed by atoms with Gasteiger partial charge in [-0.2, -0.15) is 0 Å². The average molecular weight is 298 g/mol. The first kappa shape index (κ1) is 13.1. The zero-order valence-electron chi connectivity index (χ0n) is 10.4. The number of hydrogen-bond donors (Lipinski definition) is 1. The third-order valence-electron chi connectivity index (χ3n) is 3.61. The molecule has 0 radical (unpaired) electrons. The summed E-state index contributed by atoms with van der Waals surface area (Å²) in [4.78, 5) is 0. The van der Waals surface area contributed by atoms with E-state index >= 15 is 0 Å². The Balaban J connectivity index is 2.07. The lowest BCUT2D eigenvalue weighted by atomic mass is 9.93. The van der Waals surface area contributed by atoms with E-state index < -0.39 is 0 Å². The number of likely N-dealkylation sites (N-methyl/N-ethyl adjacent to an activating group) is 1. The van der Waals surface area contributed by atoms with Crippen LogP contribution in [0.2, 0.25) is 0 Å². The van der Waals surface area contributed by atoms with Gasteiger partial charge in [-0.15, -0.1) is 0 Å². The summed E-state index contributed by atoms with van der Waals surface area (Å²) >= 11 is 3.61. The summed E-state index contributed by atoms with van der Waals surface area (Å²) in [7, 11) is 2.02. The predicted octanol–water partition coefficient (Wildman–Crippen LogP) is 3.00. The highest BCUT2D eigenvalue weighted by atomic mass is 79.9. The predicted molar refractivity (Wildman–Crippen MR) is 74.2 cm³/mol. The van der Waals surface area contributed by atoms with Crippen molar-refractivity contribution >= 4 is 15.9 Å². The van der Waals surface area contributed by atoms with Gasteiger partial charge in [0.15, 0.2) is 0 Å². The molecule has 3 heteroatoms. The van der Waals surface area contributed by atoms with E-state index in [0.29, 0.717) is 18.1 Å². The topological polar surface area (TPSA) is 21.3 Å². The van der Waals surface area contributed by atoms with Gasteiger partial charge >= 0.3 is 0 Å². The molecule has 1 aromatic carbocycles. The van der Waals surface area contributed by atoms with Crippen molar-refractivity contribution < 1.29 is 4.74 Å². The third kappa shape index (κ3) is 3.09. The Hall–Kier alpha value is -0.380. The van der Waals surface area contributed by atoms with Crippen LogP contribution in [0.3, 0.4) is 0 Å². The fourth-order valence-electron chi connectivity index (χ4n) is 2.51. The summed E-state index contributed by atoms with van der Waals surface area (Å²) < 4.78 is 7.04. The Bertz CT molecular complexity index is 369. The lowest BCUT2D eigenvalue weighted by Crippen LogP contribution is -2.42. The summed E-state index contributed by atoms with van der Waals surface area (Å²) in [5.74, 6) is 0.648. The molecular formula is C14H20BrNO. The van der Waals surface area contributed by atoms with Gasteiger partial charge in [-0.1, -0.05) is 41.1 Å². The Kier molecular flexibility index (Phi) is 4.60. The molecule has 2 rings (SSSR count). The monoisotopic (exact) mass is 297 g/mol. The molecule has 0 aromatic heterocycles. The molecule has 0 bridgehead atoms. The molecule has 1 saturated heterocycles. The van der Waals surface area contributed by atoms with Crippen LogP contribution >= 0.6 is 15.9 Å². The molecule has 1 aliphatic rings. The van der Waals surface area contributed by atoms with Crippen molar-refractivity contribution in [1.82, 2.24) is 5.32 Å². The molecule has 2 nitrogen and oxygen atoms in total. The van der Waals surface area contributed by atoms with Crippen molar-refractivity contribution in [3.63, 3.8) is 0 Å². The minimum atomic E-state index is 0.340. The Labute approximate surface area is 112 Å². The summed E-state index contributed by atoms with van der Waals surface area (Å²) in [6, 6.07) is 8.81. The highest BCUT2D eigenvalue weighted by molar-refractivity contribution is 9.10. The second-order valence-electron chi connectivity index (χ2n) is 4.79. The zero-order chi connectivity index (χ0) is 12.3. The molecule has 0 saturated carbocycles. The zero-order valence-corrected chi connectivity index (χ0v) is 12.0. The van der Waals surface area contributed by atoms with Gasteiger partial charge in [0.05, 0.1) is 6.10 Å². The van der Waals surface area contributed by atoms with Crippen LogP contribution < -0.4 is 5.32 Å². The average Bonchev–Trinajstić information content (AvgIpc) is 2.75. The molecule has 1 aliphatic heterocycles. The fraction of sp³-hybridized carbons (Fsp3) is 0.571. The van der Waals surface area contributed by atoms with E-state index in [0.717, 1.165) is 13.0 Å². The summed E-state index contributed by atoms with van der Waals surface area (Å²) in [6.07, 6.45) is 2.53. The SMILES string of the molecule is CNC(Cc1ccccc1Br)C1OCCC1C. The first-order valence-electron chi connectivity index (χ1n) is 6.24. The smallest absolute Gasteiger partial charge is 0.0757 e. The van der Waals surface area contributed by atoms with Gasteiger partial charge in [0.2, 0.25) is 0 Å². The number of benzene rings is 1. The van der Waals surface area contributed by atoms with Crippen LogP contribution in [-0.2, 0) is 11.2 Å². The molecule has 17 heavy (non-hydrogen) atoms. The van der Waals surface area contributed by atoms with Crippen LogP contribution in [0.15, 0.2) is 28.7 Å². The maximum absolute atomic E-state index is 5.85. The van der Waals surface area contributed by atoms with Gasteiger partial charge in [0.25, 0.3) is 0 Å². The Morgan fingerprint density at radius 1 is 1.47 bits per heavy atom. The quantitative estimate of drug-likeness (QED) is 0.922. The summed E-state index contributed by atoms with van der Waals surface area (Å²) in [5, 5.41) is 3.40. The standard InChI is InChI=1S/C14H20BrNO/c1-10-7-8-17-14(10)13(16-2)9-11-5-3-4-6-12(11)15/h3-6,10,13-14,16H,7-9H2,1-2H3. The van der Waals surface area contributed by atoms with E-state index in [1.54, 1.807) is 0 Å². The summed E-state index contributed by atoms with van der Waals surface area (Å²) in [5.41, 5.74) is 1.34. The second-order valence-corrected chi connectivity index (χ2v) is 5.65. The number of nitrogens with one attached hydrogen (secondary N) is 1. The second kappa shape index (κ2) is 5.98. The lowest BCUT2D eigenvalue weighted by Gasteiger charge is -2.26. The van der Waals surface area contributed by atoms with Crippen LogP contribution in [0.5, 0.6) is 0 Å². The number of ether oxygens (including phenoxy) is 1. The normalized spacial score (nSPS) is 26.1. The number of hydrogen-bond acceptors (Lipinski definition) is 2. The van der Waals surface area contributed by atoms with Gasteiger partial charge in [-0.3, -0.25) is 0 Å². The molecule has 0 aliphatic carbocycles. The van der Waals surface area contributed by atoms with E-state index in [9.17, 15) is 0 Å². The maximum Gasteiger partial charge on any atom is 0.0757 e. The van der Waals surface area contributed by atoms with Gasteiger partial charge in [0, 0.05) is 17.1 Å². The van der Waals surface area contributed by atoms with Gasteiger partial charge in [-0.25, -0.2) is 0 Å². The van der Waals surface area contributed by atoms with E-state index in [1.807, 2.05) is 7.05 Å². The number of rotatable bonds is 4. The van der Waals surface area contributed by atoms with Crippen molar-refractivity contribution in [2.24, 2.45) is 5.92 Å². The van der Waals surface area contributed by atoms with Crippen LogP contribution in [-0.4, -0.2) is 25.8 Å². The van der Waals surface area contributed by atoms with Crippen molar-refractivity contribution in [2.45, 2.75) is 31.9 Å². The van der Waals surface area contributed by atoms with E-state index in [-0.39, 0.29) is 0 Å². The van der Waals surface area contributed by atoms with Crippen molar-refractivity contribution in [1.29, 1.82) is 0 Å². The highest BCUT2D eigenvalue weighted by Gasteiger charge is 2.31. The Morgan fingerprint density at radius 2 is 2.24 bits per heavy atom. The number of halogens is 1. The molecule has 0 spiro atoms. The van der Waals surface area contributed by atoms with Gasteiger partial charge in [-0.05, 0) is 37.4 Å².